The predicted octanol–water partition coefficient (Wildman–Crippen LogP) is 5.20. The van der Waals surface area contributed by atoms with Crippen molar-refractivity contribution in [1.82, 2.24) is 20.6 Å². The topological polar surface area (TPSA) is 186 Å². The second-order valence-corrected chi connectivity index (χ2v) is 12.1. The van der Waals surface area contributed by atoms with E-state index in [1.54, 1.807) is 30.6 Å². The molecule has 0 saturated heterocycles. The Morgan fingerprint density at radius 2 is 1.54 bits per heavy atom. The van der Waals surface area contributed by atoms with Crippen LogP contribution in [0.3, 0.4) is 0 Å². The van der Waals surface area contributed by atoms with Gasteiger partial charge in [-0.15, -0.1) is 0 Å². The maximum Gasteiger partial charge on any atom is 0.323 e. The zero-order chi connectivity index (χ0) is 37.4. The number of nitrogens with zero attached hydrogens (tertiary/aromatic N) is 2. The molecule has 0 saturated carbocycles. The summed E-state index contributed by atoms with van der Waals surface area (Å²) in [6.45, 7) is 3.15. The summed E-state index contributed by atoms with van der Waals surface area (Å²) in [5.41, 5.74) is 7.44. The highest BCUT2D eigenvalue weighted by molar-refractivity contribution is 5.91. The average Bonchev–Trinajstić information content (AvgIpc) is 3.13. The van der Waals surface area contributed by atoms with Crippen LogP contribution in [0, 0.1) is 13.8 Å². The van der Waals surface area contributed by atoms with E-state index in [0.29, 0.717) is 33.8 Å². The molecule has 2 aromatic heterocycles. The molecule has 2 atom stereocenters. The van der Waals surface area contributed by atoms with Gasteiger partial charge >= 0.3 is 11.9 Å². The number of hydrogen-bond acceptors (Lipinski definition) is 10. The van der Waals surface area contributed by atoms with Crippen LogP contribution in [0.1, 0.15) is 33.4 Å². The number of carboxylic acid groups (broad SMARTS) is 2. The molecule has 0 aliphatic carbocycles. The van der Waals surface area contributed by atoms with Gasteiger partial charge in [0.1, 0.15) is 29.2 Å². The zero-order valence-electron chi connectivity index (χ0n) is 28.9. The normalized spacial score (nSPS) is 12.8. The van der Waals surface area contributed by atoms with Gasteiger partial charge in [-0.3, -0.25) is 25.2 Å². The van der Waals surface area contributed by atoms with Crippen LogP contribution in [0.25, 0.3) is 33.9 Å². The average molecular weight is 710 g/mol. The first-order chi connectivity index (χ1) is 25.0. The van der Waals surface area contributed by atoms with Gasteiger partial charge in [-0.25, -0.2) is 9.37 Å². The van der Waals surface area contributed by atoms with Gasteiger partial charge in [0.2, 0.25) is 0 Å². The molecule has 0 unspecified atom stereocenters. The summed E-state index contributed by atoms with van der Waals surface area (Å²) < 4.78 is 21.2. The van der Waals surface area contributed by atoms with E-state index in [0.717, 1.165) is 38.9 Å². The van der Waals surface area contributed by atoms with E-state index in [2.05, 4.69) is 25.9 Å². The Kier molecular flexibility index (Phi) is 12.3. The minimum absolute atomic E-state index is 0.106. The summed E-state index contributed by atoms with van der Waals surface area (Å²) in [7, 11) is 1.45. The summed E-state index contributed by atoms with van der Waals surface area (Å²) >= 11 is 0. The molecular weight excluding hydrogens is 669 g/mol. The molecule has 7 N–H and O–H groups in total. The summed E-state index contributed by atoms with van der Waals surface area (Å²) in [5, 5.41) is 46.7. The van der Waals surface area contributed by atoms with Crippen molar-refractivity contribution in [3.8, 4) is 16.9 Å². The quantitative estimate of drug-likeness (QED) is 0.0665. The number of methoxy groups -OCH3 is 1. The second kappa shape index (κ2) is 17.0. The molecule has 0 radical (unpaired) electrons. The monoisotopic (exact) mass is 709 g/mol. The number of rotatable bonds is 16. The van der Waals surface area contributed by atoms with Crippen molar-refractivity contribution >= 4 is 46.2 Å². The number of anilines is 2. The molecule has 0 bridgehead atoms. The third-order valence-electron chi connectivity index (χ3n) is 8.81. The van der Waals surface area contributed by atoms with E-state index in [-0.39, 0.29) is 13.1 Å². The Morgan fingerprint density at radius 1 is 0.865 bits per heavy atom. The molecule has 0 amide bonds. The Labute approximate surface area is 299 Å². The largest absolute Gasteiger partial charge is 0.496 e. The third kappa shape index (κ3) is 8.58. The van der Waals surface area contributed by atoms with Crippen LogP contribution in [-0.4, -0.2) is 74.7 Å². The molecule has 12 nitrogen and oxygen atoms in total. The minimum atomic E-state index is -1.18. The molecule has 2 heterocycles. The molecule has 270 valence electrons. The van der Waals surface area contributed by atoms with Gasteiger partial charge in [0.25, 0.3) is 0 Å². The molecule has 0 aliphatic heterocycles. The molecule has 52 heavy (non-hydrogen) atoms. The summed E-state index contributed by atoms with van der Waals surface area (Å²) in [5.74, 6) is -1.88. The van der Waals surface area contributed by atoms with Crippen LogP contribution >= 0.6 is 0 Å². The maximum absolute atomic E-state index is 15.7. The number of pyridine rings is 2. The lowest BCUT2D eigenvalue weighted by Crippen LogP contribution is -2.39. The van der Waals surface area contributed by atoms with E-state index in [1.807, 2.05) is 62.4 Å². The van der Waals surface area contributed by atoms with Crippen molar-refractivity contribution < 1.29 is 39.1 Å². The number of fused-ring (bicyclic) bond motifs is 1. The SMILES string of the molecule is COc1cc(/C(F)=C/c2cccc(-c3cccc(Nc4nccc5cc(CN[C@H](CO)C(=O)O)cnc45)c3C)c2C)ccc1CN[C@H](CO)C(=O)O. The van der Waals surface area contributed by atoms with E-state index in [1.165, 1.54) is 13.2 Å². The minimum Gasteiger partial charge on any atom is -0.496 e. The molecular formula is C39H40FN5O7. The number of aliphatic carboxylic acids is 2. The Bertz CT molecular complexity index is 2120. The fraction of sp³-hybridized carbons (Fsp3) is 0.231. The highest BCUT2D eigenvalue weighted by Gasteiger charge is 2.18. The number of nitrogens with one attached hydrogen (secondary N) is 3. The Morgan fingerprint density at radius 3 is 2.21 bits per heavy atom. The number of halogens is 1. The summed E-state index contributed by atoms with van der Waals surface area (Å²) in [6, 6.07) is 17.9. The third-order valence-corrected chi connectivity index (χ3v) is 8.81. The van der Waals surface area contributed by atoms with Gasteiger partial charge in [0.15, 0.2) is 5.82 Å². The summed E-state index contributed by atoms with van der Waals surface area (Å²) in [6.07, 6.45) is 4.77. The number of hydrogen-bond donors (Lipinski definition) is 7. The van der Waals surface area contributed by atoms with Crippen molar-refractivity contribution in [2.45, 2.75) is 39.0 Å². The van der Waals surface area contributed by atoms with Crippen molar-refractivity contribution in [2.75, 3.05) is 25.6 Å². The lowest BCUT2D eigenvalue weighted by molar-refractivity contribution is -0.141. The van der Waals surface area contributed by atoms with Gasteiger partial charge in [-0.2, -0.15) is 0 Å². The van der Waals surface area contributed by atoms with Gasteiger partial charge in [0, 0.05) is 47.7 Å². The number of carbonyl (C=O) groups is 2. The van der Waals surface area contributed by atoms with Crippen LogP contribution in [0.5, 0.6) is 5.75 Å². The fourth-order valence-corrected chi connectivity index (χ4v) is 5.78. The Balaban J connectivity index is 1.38. The van der Waals surface area contributed by atoms with Gasteiger partial charge in [-0.1, -0.05) is 42.5 Å². The van der Waals surface area contributed by atoms with Crippen molar-refractivity contribution in [2.24, 2.45) is 0 Å². The predicted molar refractivity (Wildman–Crippen MR) is 197 cm³/mol. The number of aliphatic hydroxyl groups excluding tert-OH is 2. The lowest BCUT2D eigenvalue weighted by Gasteiger charge is -2.17. The fourth-order valence-electron chi connectivity index (χ4n) is 5.78. The number of aliphatic hydroxyl groups is 2. The standard InChI is InChI=1S/C39H40FN5O7/c1-22-25(15-31(40)26-10-11-28(35(16-26)52-3)19-43-34(21-47)39(50)51)6-4-7-29(22)30-8-5-9-32(23(30)2)45-37-36-27(12-13-41-37)14-24(18-44-36)17-42-33(20-46)38(48)49/h4-16,18,33-34,42-43,46-47H,17,19-21H2,1-3H3,(H,41,45)(H,48,49)(H,50,51)/b31-15-/t33-,34-/m1/s1. The van der Waals surface area contributed by atoms with Crippen LogP contribution in [0.4, 0.5) is 15.9 Å². The molecule has 5 aromatic rings. The van der Waals surface area contributed by atoms with Gasteiger partial charge in [0.05, 0.1) is 20.3 Å². The Hall–Kier alpha value is -5.73. The highest BCUT2D eigenvalue weighted by atomic mass is 19.1. The summed E-state index contributed by atoms with van der Waals surface area (Å²) in [4.78, 5) is 31.6. The molecule has 0 aliphatic rings. The first kappa shape index (κ1) is 37.5. The van der Waals surface area contributed by atoms with Crippen LogP contribution in [-0.2, 0) is 22.7 Å². The second-order valence-electron chi connectivity index (χ2n) is 12.1. The van der Waals surface area contributed by atoms with E-state index in [4.69, 9.17) is 4.74 Å². The van der Waals surface area contributed by atoms with E-state index < -0.39 is 43.1 Å². The first-order valence-electron chi connectivity index (χ1n) is 16.4. The van der Waals surface area contributed by atoms with Gasteiger partial charge < -0.3 is 30.5 Å². The number of ether oxygens (including phenoxy) is 1. The molecule has 0 fully saturated rings. The van der Waals surface area contributed by atoms with E-state index in [9.17, 15) is 30.0 Å². The number of aromatic nitrogens is 2. The number of carboxylic acids is 2. The molecule has 5 rings (SSSR count). The molecule has 13 heteroatoms. The molecule has 3 aromatic carbocycles. The highest BCUT2D eigenvalue weighted by Crippen LogP contribution is 2.35. The smallest absolute Gasteiger partial charge is 0.323 e. The lowest BCUT2D eigenvalue weighted by atomic mass is 9.92. The van der Waals surface area contributed by atoms with E-state index >= 15 is 4.39 Å². The first-order valence-corrected chi connectivity index (χ1v) is 16.4. The van der Waals surface area contributed by atoms with Crippen molar-refractivity contribution in [3.05, 3.63) is 113 Å². The molecule has 0 spiro atoms. The van der Waals surface area contributed by atoms with Crippen LogP contribution in [0.15, 0.2) is 79.1 Å². The van der Waals surface area contributed by atoms with Crippen LogP contribution in [0.2, 0.25) is 0 Å². The zero-order valence-corrected chi connectivity index (χ0v) is 28.9. The van der Waals surface area contributed by atoms with Crippen LogP contribution < -0.4 is 20.7 Å². The maximum atomic E-state index is 15.7. The number of benzene rings is 3. The van der Waals surface area contributed by atoms with Gasteiger partial charge in [-0.05, 0) is 77.6 Å². The van der Waals surface area contributed by atoms with Crippen molar-refractivity contribution in [3.63, 3.8) is 0 Å². The van der Waals surface area contributed by atoms with Crippen molar-refractivity contribution in [1.29, 1.82) is 0 Å².